The summed E-state index contributed by atoms with van der Waals surface area (Å²) in [6.45, 7) is 0. The first-order chi connectivity index (χ1) is 14.2. The molecule has 1 aliphatic heterocycles. The Hall–Kier alpha value is -1.83. The molecule has 1 atom stereocenters. The van der Waals surface area contributed by atoms with Gasteiger partial charge in [-0.15, -0.1) is 0 Å². The van der Waals surface area contributed by atoms with Crippen LogP contribution in [0.1, 0.15) is 29.2 Å². The van der Waals surface area contributed by atoms with Crippen LogP contribution in [0.5, 0.6) is 0 Å². The molecule has 30 heavy (non-hydrogen) atoms. The number of nitrogens with zero attached hydrogens (tertiary/aromatic N) is 2. The van der Waals surface area contributed by atoms with Crippen LogP contribution in [0.2, 0.25) is 5.02 Å². The molecule has 2 nitrogen and oxygen atoms in total. The Morgan fingerprint density at radius 2 is 1.50 bits per heavy atom. The van der Waals surface area contributed by atoms with Crippen molar-refractivity contribution in [3.8, 4) is 0 Å². The second kappa shape index (κ2) is 8.36. The van der Waals surface area contributed by atoms with E-state index in [1.54, 1.807) is 5.01 Å². The van der Waals surface area contributed by atoms with Gasteiger partial charge in [-0.1, -0.05) is 67.7 Å². The average molecular weight is 559 g/mol. The number of anilines is 1. The van der Waals surface area contributed by atoms with Gasteiger partial charge in [-0.05, 0) is 53.6 Å². The zero-order valence-corrected chi connectivity index (χ0v) is 19.2. The molecule has 1 heterocycles. The Bertz CT molecular complexity index is 1100. The van der Waals surface area contributed by atoms with E-state index in [4.69, 9.17) is 16.7 Å². The summed E-state index contributed by atoms with van der Waals surface area (Å²) in [6, 6.07) is 18.4. The predicted molar refractivity (Wildman–Crippen MR) is 121 cm³/mol. The quantitative estimate of drug-likeness (QED) is 0.316. The molecule has 0 spiro atoms. The first-order valence-electron chi connectivity index (χ1n) is 8.97. The third-order valence-corrected chi connectivity index (χ3v) is 6.24. The average Bonchev–Trinajstić information content (AvgIpc) is 3.13. The van der Waals surface area contributed by atoms with E-state index >= 15 is 0 Å². The van der Waals surface area contributed by atoms with Crippen LogP contribution in [-0.4, -0.2) is 5.71 Å². The fourth-order valence-corrected chi connectivity index (χ4v) is 4.09. The fraction of sp³-hybridized carbons (Fsp3) is 0.136. The Kier molecular flexibility index (Phi) is 5.97. The van der Waals surface area contributed by atoms with Gasteiger partial charge in [0.25, 0.3) is 0 Å². The normalized spacial score (nSPS) is 16.7. The van der Waals surface area contributed by atoms with E-state index in [9.17, 15) is 13.2 Å². The third-order valence-electron chi connectivity index (χ3n) is 4.86. The molecule has 0 radical (unpaired) electrons. The van der Waals surface area contributed by atoms with Crippen molar-refractivity contribution in [1.82, 2.24) is 0 Å². The van der Waals surface area contributed by atoms with Crippen molar-refractivity contribution >= 4 is 54.9 Å². The first kappa shape index (κ1) is 21.4. The second-order valence-electron chi connectivity index (χ2n) is 6.83. The van der Waals surface area contributed by atoms with Gasteiger partial charge in [0.15, 0.2) is 0 Å². The summed E-state index contributed by atoms with van der Waals surface area (Å²) >= 11 is 13.2. The molecule has 8 heteroatoms. The summed E-state index contributed by atoms with van der Waals surface area (Å²) in [5.74, 6) is 0. The molecule has 154 valence electrons. The van der Waals surface area contributed by atoms with Gasteiger partial charge >= 0.3 is 6.18 Å². The maximum atomic E-state index is 13.3. The first-order valence-corrected chi connectivity index (χ1v) is 10.9. The van der Waals surface area contributed by atoms with E-state index in [2.05, 4.69) is 31.9 Å². The minimum atomic E-state index is -4.47. The Morgan fingerprint density at radius 1 is 0.900 bits per heavy atom. The molecule has 0 fully saturated rings. The number of hydrazone groups is 1. The number of halogens is 6. The monoisotopic (exact) mass is 556 g/mol. The summed E-state index contributed by atoms with van der Waals surface area (Å²) < 4.78 is 41.8. The van der Waals surface area contributed by atoms with Crippen LogP contribution >= 0.6 is 43.5 Å². The minimum Gasteiger partial charge on any atom is -0.256 e. The summed E-state index contributed by atoms with van der Waals surface area (Å²) in [4.78, 5) is 0. The molecule has 0 N–H and O–H groups in total. The summed E-state index contributed by atoms with van der Waals surface area (Å²) in [7, 11) is 0. The predicted octanol–water partition coefficient (Wildman–Crippen LogP) is 8.24. The molecule has 0 amide bonds. The highest BCUT2D eigenvalue weighted by molar-refractivity contribution is 9.10. The van der Waals surface area contributed by atoms with Crippen molar-refractivity contribution in [2.45, 2.75) is 18.6 Å². The highest BCUT2D eigenvalue weighted by atomic mass is 79.9. The van der Waals surface area contributed by atoms with Crippen molar-refractivity contribution in [2.24, 2.45) is 5.10 Å². The van der Waals surface area contributed by atoms with Crippen LogP contribution in [0.15, 0.2) is 80.8 Å². The van der Waals surface area contributed by atoms with Crippen LogP contribution < -0.4 is 5.01 Å². The van der Waals surface area contributed by atoms with Crippen molar-refractivity contribution in [2.75, 3.05) is 5.01 Å². The van der Waals surface area contributed by atoms with Gasteiger partial charge in [-0.2, -0.15) is 18.3 Å². The van der Waals surface area contributed by atoms with E-state index in [-0.39, 0.29) is 16.8 Å². The number of hydrogen-bond donors (Lipinski definition) is 0. The van der Waals surface area contributed by atoms with E-state index in [0.717, 1.165) is 37.9 Å². The lowest BCUT2D eigenvalue weighted by Gasteiger charge is -2.25. The van der Waals surface area contributed by atoms with Crippen LogP contribution in [0.4, 0.5) is 18.9 Å². The topological polar surface area (TPSA) is 15.6 Å². The van der Waals surface area contributed by atoms with Crippen molar-refractivity contribution < 1.29 is 13.2 Å². The van der Waals surface area contributed by atoms with Gasteiger partial charge in [-0.25, -0.2) is 0 Å². The largest absolute Gasteiger partial charge is 0.416 e. The lowest BCUT2D eigenvalue weighted by Crippen LogP contribution is -2.19. The summed E-state index contributed by atoms with van der Waals surface area (Å²) in [5.41, 5.74) is 2.09. The zero-order valence-electron chi connectivity index (χ0n) is 15.3. The number of hydrogen-bond acceptors (Lipinski definition) is 2. The molecule has 0 saturated carbocycles. The Morgan fingerprint density at radius 3 is 2.10 bits per heavy atom. The van der Waals surface area contributed by atoms with Crippen molar-refractivity contribution in [3.05, 3.63) is 97.4 Å². The van der Waals surface area contributed by atoms with E-state index in [1.165, 1.54) is 6.07 Å². The highest BCUT2D eigenvalue weighted by Crippen LogP contribution is 2.42. The van der Waals surface area contributed by atoms with Gasteiger partial charge in [0.05, 0.1) is 28.0 Å². The maximum Gasteiger partial charge on any atom is 0.416 e. The number of benzene rings is 3. The van der Waals surface area contributed by atoms with Crippen molar-refractivity contribution in [1.29, 1.82) is 0 Å². The zero-order chi connectivity index (χ0) is 21.5. The van der Waals surface area contributed by atoms with Gasteiger partial charge in [0.2, 0.25) is 0 Å². The SMILES string of the molecule is FC(F)(F)c1ccc(Cl)c(N2N=C(c3ccc(Br)cc3)C[C@H]2c2ccc(Br)cc2)c1. The van der Waals surface area contributed by atoms with E-state index in [1.807, 2.05) is 48.5 Å². The van der Waals surface area contributed by atoms with Crippen LogP contribution in [0.3, 0.4) is 0 Å². The second-order valence-corrected chi connectivity index (χ2v) is 9.07. The number of alkyl halides is 3. The van der Waals surface area contributed by atoms with Crippen molar-refractivity contribution in [3.63, 3.8) is 0 Å². The van der Waals surface area contributed by atoms with E-state index in [0.29, 0.717) is 6.42 Å². The molecule has 0 saturated heterocycles. The minimum absolute atomic E-state index is 0.214. The van der Waals surface area contributed by atoms with Gasteiger partial charge in [0, 0.05) is 15.4 Å². The van der Waals surface area contributed by atoms with E-state index < -0.39 is 11.7 Å². The summed E-state index contributed by atoms with van der Waals surface area (Å²) in [5, 5.41) is 6.50. The lowest BCUT2D eigenvalue weighted by atomic mass is 9.98. The van der Waals surface area contributed by atoms with Gasteiger partial charge in [-0.3, -0.25) is 5.01 Å². The molecular weight excluding hydrogens is 545 g/mol. The molecular formula is C22H14Br2ClF3N2. The smallest absolute Gasteiger partial charge is 0.256 e. The Balaban J connectivity index is 1.81. The molecule has 0 aromatic heterocycles. The molecule has 0 unspecified atom stereocenters. The maximum absolute atomic E-state index is 13.3. The molecule has 0 bridgehead atoms. The third kappa shape index (κ3) is 4.43. The van der Waals surface area contributed by atoms with Gasteiger partial charge in [0.1, 0.15) is 0 Å². The number of rotatable bonds is 3. The molecule has 3 aromatic carbocycles. The molecule has 3 aromatic rings. The fourth-order valence-electron chi connectivity index (χ4n) is 3.36. The standard InChI is InChI=1S/C22H14Br2ClF3N2/c23-16-6-1-13(2-7-16)19-12-20(14-3-8-17(24)9-4-14)30(29-19)21-11-15(22(26,27)28)5-10-18(21)25/h1-11,20H,12H2/t20-/m0/s1. The van der Waals surface area contributed by atoms with Crippen LogP contribution in [0.25, 0.3) is 0 Å². The Labute approximate surface area is 193 Å². The molecule has 4 rings (SSSR count). The van der Waals surface area contributed by atoms with Crippen LogP contribution in [0, 0.1) is 0 Å². The lowest BCUT2D eigenvalue weighted by molar-refractivity contribution is -0.137. The van der Waals surface area contributed by atoms with Crippen LogP contribution in [-0.2, 0) is 6.18 Å². The van der Waals surface area contributed by atoms with Gasteiger partial charge < -0.3 is 0 Å². The molecule has 1 aliphatic rings. The summed E-state index contributed by atoms with van der Waals surface area (Å²) in [6.07, 6.45) is -3.93. The molecule has 0 aliphatic carbocycles. The highest BCUT2D eigenvalue weighted by Gasteiger charge is 2.35.